The zero-order valence-electron chi connectivity index (χ0n) is 9.35. The molecule has 1 heterocycles. The molecule has 1 aromatic carbocycles. The summed E-state index contributed by atoms with van der Waals surface area (Å²) in [5, 5.41) is 9.60. The molecule has 0 bridgehead atoms. The van der Waals surface area contributed by atoms with Crippen LogP contribution in [0.5, 0.6) is 0 Å². The van der Waals surface area contributed by atoms with E-state index in [0.717, 1.165) is 15.1 Å². The Labute approximate surface area is 107 Å². The summed E-state index contributed by atoms with van der Waals surface area (Å²) in [5.41, 5.74) is 0.572. The highest BCUT2D eigenvalue weighted by Crippen LogP contribution is 2.34. The maximum Gasteiger partial charge on any atom is 0.174 e. The average molecular weight is 270 g/mol. The Morgan fingerprint density at radius 1 is 1.47 bits per heavy atom. The standard InChI is InChI=1S/C11H11FN2OS2/c1-6(15)9-5-8(12)3-4-10(9)16-11-13-7(2)14-17-11/h3-6,15H,1-2H3/t6-/m1/s1. The first-order chi connectivity index (χ1) is 8.06. The fraction of sp³-hybridized carbons (Fsp3) is 0.273. The van der Waals surface area contributed by atoms with E-state index in [1.54, 1.807) is 13.0 Å². The average Bonchev–Trinajstić information content (AvgIpc) is 2.66. The first-order valence-electron chi connectivity index (χ1n) is 5.02. The van der Waals surface area contributed by atoms with Crippen LogP contribution in [0.1, 0.15) is 24.4 Å². The van der Waals surface area contributed by atoms with Crippen LogP contribution in [0, 0.1) is 12.7 Å². The highest BCUT2D eigenvalue weighted by atomic mass is 32.2. The topological polar surface area (TPSA) is 46.0 Å². The summed E-state index contributed by atoms with van der Waals surface area (Å²) in [6.07, 6.45) is -0.706. The van der Waals surface area contributed by atoms with Crippen LogP contribution in [-0.4, -0.2) is 14.5 Å². The van der Waals surface area contributed by atoms with Gasteiger partial charge in [-0.1, -0.05) is 11.8 Å². The minimum atomic E-state index is -0.706. The van der Waals surface area contributed by atoms with Gasteiger partial charge in [-0.2, -0.15) is 4.37 Å². The van der Waals surface area contributed by atoms with Gasteiger partial charge in [0.2, 0.25) is 0 Å². The Morgan fingerprint density at radius 3 is 2.82 bits per heavy atom. The van der Waals surface area contributed by atoms with Crippen molar-refractivity contribution in [3.05, 3.63) is 35.4 Å². The van der Waals surface area contributed by atoms with E-state index in [9.17, 15) is 9.50 Å². The number of rotatable bonds is 3. The number of halogens is 1. The van der Waals surface area contributed by atoms with Crippen molar-refractivity contribution >= 4 is 23.3 Å². The van der Waals surface area contributed by atoms with Gasteiger partial charge < -0.3 is 5.11 Å². The third-order valence-electron chi connectivity index (χ3n) is 2.13. The lowest BCUT2D eigenvalue weighted by atomic mass is 10.1. The van der Waals surface area contributed by atoms with Crippen molar-refractivity contribution in [1.29, 1.82) is 0 Å². The highest BCUT2D eigenvalue weighted by Gasteiger charge is 2.12. The molecular weight excluding hydrogens is 259 g/mol. The van der Waals surface area contributed by atoms with Gasteiger partial charge in [0.25, 0.3) is 0 Å². The molecule has 0 saturated heterocycles. The number of hydrogen-bond acceptors (Lipinski definition) is 5. The zero-order valence-corrected chi connectivity index (χ0v) is 11.0. The molecule has 1 N–H and O–H groups in total. The van der Waals surface area contributed by atoms with Gasteiger partial charge in [-0.3, -0.25) is 0 Å². The molecule has 90 valence electrons. The number of aryl methyl sites for hydroxylation is 1. The molecular formula is C11H11FN2OS2. The molecule has 0 fully saturated rings. The second kappa shape index (κ2) is 5.12. The molecule has 0 spiro atoms. The molecule has 17 heavy (non-hydrogen) atoms. The zero-order chi connectivity index (χ0) is 12.4. The Bertz CT molecular complexity index is 528. The van der Waals surface area contributed by atoms with E-state index in [2.05, 4.69) is 9.36 Å². The fourth-order valence-electron chi connectivity index (χ4n) is 1.35. The van der Waals surface area contributed by atoms with Crippen molar-refractivity contribution in [2.75, 3.05) is 0 Å². The molecule has 0 radical (unpaired) electrons. The summed E-state index contributed by atoms with van der Waals surface area (Å²) in [4.78, 5) is 5.03. The minimum Gasteiger partial charge on any atom is -0.389 e. The fourth-order valence-corrected chi connectivity index (χ4v) is 3.16. The smallest absolute Gasteiger partial charge is 0.174 e. The summed E-state index contributed by atoms with van der Waals surface area (Å²) in [6.45, 7) is 3.44. The van der Waals surface area contributed by atoms with Crippen LogP contribution in [0.4, 0.5) is 4.39 Å². The van der Waals surface area contributed by atoms with Crippen molar-refractivity contribution in [1.82, 2.24) is 9.36 Å². The Morgan fingerprint density at radius 2 is 2.24 bits per heavy atom. The molecule has 2 rings (SSSR count). The SMILES string of the molecule is Cc1nsc(Sc2ccc(F)cc2[C@@H](C)O)n1. The number of aliphatic hydroxyl groups is 1. The molecule has 1 atom stereocenters. The molecule has 3 nitrogen and oxygen atoms in total. The summed E-state index contributed by atoms with van der Waals surface area (Å²) < 4.78 is 18.0. The van der Waals surface area contributed by atoms with E-state index in [4.69, 9.17) is 0 Å². The molecule has 0 aliphatic carbocycles. The third kappa shape index (κ3) is 3.02. The number of benzene rings is 1. The largest absolute Gasteiger partial charge is 0.389 e. The van der Waals surface area contributed by atoms with Gasteiger partial charge in [-0.15, -0.1) is 0 Å². The summed E-state index contributed by atoms with van der Waals surface area (Å²) in [6, 6.07) is 4.38. The molecule has 0 saturated carbocycles. The number of nitrogens with zero attached hydrogens (tertiary/aromatic N) is 2. The highest BCUT2D eigenvalue weighted by molar-refractivity contribution is 8.01. The van der Waals surface area contributed by atoms with E-state index in [0.29, 0.717) is 5.56 Å². The van der Waals surface area contributed by atoms with Gasteiger partial charge in [0, 0.05) is 4.90 Å². The van der Waals surface area contributed by atoms with Crippen LogP contribution in [-0.2, 0) is 0 Å². The number of hydrogen-bond donors (Lipinski definition) is 1. The molecule has 0 amide bonds. The predicted octanol–water partition coefficient (Wildman–Crippen LogP) is 3.19. The maximum atomic E-state index is 13.1. The number of aliphatic hydroxyl groups excluding tert-OH is 1. The molecule has 1 aromatic heterocycles. The summed E-state index contributed by atoms with van der Waals surface area (Å²) in [5.74, 6) is 0.372. The minimum absolute atomic E-state index is 0.348. The van der Waals surface area contributed by atoms with Crippen molar-refractivity contribution in [3.63, 3.8) is 0 Å². The van der Waals surface area contributed by atoms with Crippen molar-refractivity contribution < 1.29 is 9.50 Å². The second-order valence-electron chi connectivity index (χ2n) is 3.57. The van der Waals surface area contributed by atoms with E-state index in [1.165, 1.54) is 35.4 Å². The first-order valence-corrected chi connectivity index (χ1v) is 6.61. The van der Waals surface area contributed by atoms with Crippen LogP contribution in [0.15, 0.2) is 27.4 Å². The van der Waals surface area contributed by atoms with Gasteiger partial charge in [-0.25, -0.2) is 9.37 Å². The van der Waals surface area contributed by atoms with E-state index in [-0.39, 0.29) is 5.82 Å². The monoisotopic (exact) mass is 270 g/mol. The van der Waals surface area contributed by atoms with Crippen LogP contribution in [0.25, 0.3) is 0 Å². The first kappa shape index (κ1) is 12.5. The summed E-state index contributed by atoms with van der Waals surface area (Å²) >= 11 is 2.69. The predicted molar refractivity (Wildman–Crippen MR) is 65.8 cm³/mol. The Balaban J connectivity index is 2.32. The van der Waals surface area contributed by atoms with Crippen LogP contribution < -0.4 is 0 Å². The second-order valence-corrected chi connectivity index (χ2v) is 5.61. The van der Waals surface area contributed by atoms with E-state index < -0.39 is 6.10 Å². The van der Waals surface area contributed by atoms with Crippen LogP contribution >= 0.6 is 23.3 Å². The van der Waals surface area contributed by atoms with Gasteiger partial charge >= 0.3 is 0 Å². The van der Waals surface area contributed by atoms with Crippen LogP contribution in [0.2, 0.25) is 0 Å². The maximum absolute atomic E-state index is 13.1. The van der Waals surface area contributed by atoms with Crippen molar-refractivity contribution in [2.24, 2.45) is 0 Å². The van der Waals surface area contributed by atoms with Crippen molar-refractivity contribution in [3.8, 4) is 0 Å². The lowest BCUT2D eigenvalue weighted by Crippen LogP contribution is -1.95. The number of aromatic nitrogens is 2. The van der Waals surface area contributed by atoms with E-state index >= 15 is 0 Å². The van der Waals surface area contributed by atoms with Gasteiger partial charge in [0.05, 0.1) is 6.10 Å². The lowest BCUT2D eigenvalue weighted by Gasteiger charge is -2.10. The van der Waals surface area contributed by atoms with Crippen LogP contribution in [0.3, 0.4) is 0 Å². The normalized spacial score (nSPS) is 12.7. The van der Waals surface area contributed by atoms with E-state index in [1.807, 2.05) is 6.92 Å². The lowest BCUT2D eigenvalue weighted by molar-refractivity contribution is 0.196. The third-order valence-corrected chi connectivity index (χ3v) is 4.06. The molecule has 6 heteroatoms. The molecule has 2 aromatic rings. The summed E-state index contributed by atoms with van der Waals surface area (Å²) in [7, 11) is 0. The van der Waals surface area contributed by atoms with Gasteiger partial charge in [-0.05, 0) is 49.1 Å². The quantitative estimate of drug-likeness (QED) is 0.930. The molecule has 0 aliphatic heterocycles. The molecule has 0 unspecified atom stereocenters. The Hall–Kier alpha value is -0.980. The Kier molecular flexibility index (Phi) is 3.76. The molecule has 0 aliphatic rings. The van der Waals surface area contributed by atoms with Crippen molar-refractivity contribution in [2.45, 2.75) is 29.2 Å². The van der Waals surface area contributed by atoms with Gasteiger partial charge in [0.1, 0.15) is 11.6 Å². The van der Waals surface area contributed by atoms with Gasteiger partial charge in [0.15, 0.2) is 4.34 Å².